The van der Waals surface area contributed by atoms with E-state index in [1.165, 1.54) is 0 Å². The van der Waals surface area contributed by atoms with Gasteiger partial charge in [-0.2, -0.15) is 0 Å². The lowest BCUT2D eigenvalue weighted by Gasteiger charge is -2.29. The molecule has 0 saturated heterocycles. The molecule has 0 fully saturated rings. The molecular formula is C11H20O. The lowest BCUT2D eigenvalue weighted by atomic mass is 9.80. The van der Waals surface area contributed by atoms with Crippen LogP contribution in [-0.2, 0) is 0 Å². The van der Waals surface area contributed by atoms with Crippen LogP contribution in [0.25, 0.3) is 0 Å². The number of hydrogen-bond acceptors (Lipinski definition) is 1. The van der Waals surface area contributed by atoms with Gasteiger partial charge in [0.1, 0.15) is 0 Å². The fraction of sp³-hybridized carbons (Fsp3) is 0.636. The molecular weight excluding hydrogens is 148 g/mol. The van der Waals surface area contributed by atoms with Crippen molar-refractivity contribution < 1.29 is 5.11 Å². The van der Waals surface area contributed by atoms with E-state index in [1.807, 2.05) is 6.08 Å². The molecule has 0 aromatic carbocycles. The summed E-state index contributed by atoms with van der Waals surface area (Å²) in [6.07, 6.45) is 5.98. The molecule has 0 aliphatic rings. The van der Waals surface area contributed by atoms with Crippen molar-refractivity contribution in [3.8, 4) is 0 Å². The highest BCUT2D eigenvalue weighted by atomic mass is 16.3. The maximum absolute atomic E-state index is 9.70. The van der Waals surface area contributed by atoms with Gasteiger partial charge in [-0.15, -0.1) is 13.2 Å². The lowest BCUT2D eigenvalue weighted by Crippen LogP contribution is -2.28. The number of allylic oxidation sites excluding steroid dienone is 1. The summed E-state index contributed by atoms with van der Waals surface area (Å²) in [6, 6.07) is 0. The van der Waals surface area contributed by atoms with Gasteiger partial charge in [0.15, 0.2) is 0 Å². The molecule has 0 aromatic heterocycles. The summed E-state index contributed by atoms with van der Waals surface area (Å²) in [5.74, 6) is 0. The van der Waals surface area contributed by atoms with Crippen LogP contribution in [0.5, 0.6) is 0 Å². The Balaban J connectivity index is 3.97. The topological polar surface area (TPSA) is 20.2 Å². The van der Waals surface area contributed by atoms with E-state index in [9.17, 15) is 5.11 Å². The zero-order valence-electron chi connectivity index (χ0n) is 8.21. The van der Waals surface area contributed by atoms with Gasteiger partial charge in [0.05, 0.1) is 6.10 Å². The third-order valence-electron chi connectivity index (χ3n) is 2.28. The van der Waals surface area contributed by atoms with Crippen molar-refractivity contribution in [1.29, 1.82) is 0 Å². The van der Waals surface area contributed by atoms with Crippen LogP contribution < -0.4 is 0 Å². The van der Waals surface area contributed by atoms with Gasteiger partial charge in [-0.1, -0.05) is 26.0 Å². The van der Waals surface area contributed by atoms with E-state index in [0.717, 1.165) is 12.8 Å². The maximum atomic E-state index is 9.70. The zero-order chi connectivity index (χ0) is 9.61. The molecule has 0 rings (SSSR count). The Labute approximate surface area is 75.8 Å². The fourth-order valence-corrected chi connectivity index (χ4v) is 1.12. The Morgan fingerprint density at radius 1 is 1.33 bits per heavy atom. The minimum absolute atomic E-state index is 0.0254. The normalized spacial score (nSPS) is 13.9. The molecule has 0 aromatic rings. The third-order valence-corrected chi connectivity index (χ3v) is 2.28. The van der Waals surface area contributed by atoms with Gasteiger partial charge in [-0.3, -0.25) is 0 Å². The quantitative estimate of drug-likeness (QED) is 0.605. The van der Waals surface area contributed by atoms with Crippen LogP contribution in [0.15, 0.2) is 25.3 Å². The summed E-state index contributed by atoms with van der Waals surface area (Å²) in [4.78, 5) is 0. The van der Waals surface area contributed by atoms with Crippen LogP contribution >= 0.6 is 0 Å². The van der Waals surface area contributed by atoms with Gasteiger partial charge in [-0.25, -0.2) is 0 Å². The molecule has 1 unspecified atom stereocenters. The van der Waals surface area contributed by atoms with Crippen LogP contribution in [0.2, 0.25) is 0 Å². The summed E-state index contributed by atoms with van der Waals surface area (Å²) >= 11 is 0. The number of rotatable bonds is 6. The van der Waals surface area contributed by atoms with Gasteiger partial charge in [0, 0.05) is 0 Å². The second-order valence-electron chi connectivity index (χ2n) is 3.86. The van der Waals surface area contributed by atoms with Crippen molar-refractivity contribution in [1.82, 2.24) is 0 Å². The van der Waals surface area contributed by atoms with E-state index >= 15 is 0 Å². The number of aliphatic hydroxyl groups is 1. The van der Waals surface area contributed by atoms with Crippen LogP contribution in [0, 0.1) is 5.41 Å². The Morgan fingerprint density at radius 3 is 2.33 bits per heavy atom. The standard InChI is InChI=1S/C11H20O/c1-5-7-9-11(3,4)10(12)8-6-2/h5-6,10,12H,1-2,7-9H2,3-4H3. The molecule has 0 radical (unpaired) electrons. The third kappa shape index (κ3) is 3.72. The molecule has 0 aliphatic heterocycles. The Morgan fingerprint density at radius 2 is 1.92 bits per heavy atom. The summed E-state index contributed by atoms with van der Waals surface area (Å²) in [5, 5.41) is 9.70. The molecule has 12 heavy (non-hydrogen) atoms. The lowest BCUT2D eigenvalue weighted by molar-refractivity contribution is 0.0474. The smallest absolute Gasteiger partial charge is 0.0625 e. The average molecular weight is 168 g/mol. The predicted octanol–water partition coefficient (Wildman–Crippen LogP) is 2.92. The minimum atomic E-state index is -0.282. The molecule has 1 N–H and O–H groups in total. The molecule has 0 saturated carbocycles. The van der Waals surface area contributed by atoms with Crippen LogP contribution in [0.3, 0.4) is 0 Å². The molecule has 0 aliphatic carbocycles. The molecule has 1 heteroatoms. The van der Waals surface area contributed by atoms with Gasteiger partial charge >= 0.3 is 0 Å². The van der Waals surface area contributed by atoms with E-state index < -0.39 is 0 Å². The van der Waals surface area contributed by atoms with Crippen LogP contribution in [0.4, 0.5) is 0 Å². The summed E-state index contributed by atoms with van der Waals surface area (Å²) in [7, 11) is 0. The van der Waals surface area contributed by atoms with Gasteiger partial charge < -0.3 is 5.11 Å². The molecule has 1 atom stereocenters. The second kappa shape index (κ2) is 5.15. The first kappa shape index (κ1) is 11.4. The van der Waals surface area contributed by atoms with Crippen molar-refractivity contribution >= 4 is 0 Å². The average Bonchev–Trinajstić information content (AvgIpc) is 2.01. The van der Waals surface area contributed by atoms with E-state index in [0.29, 0.717) is 6.42 Å². The van der Waals surface area contributed by atoms with E-state index in [1.54, 1.807) is 6.08 Å². The molecule has 0 amide bonds. The monoisotopic (exact) mass is 168 g/mol. The molecule has 0 spiro atoms. The predicted molar refractivity (Wildman–Crippen MR) is 54.0 cm³/mol. The molecule has 0 bridgehead atoms. The summed E-state index contributed by atoms with van der Waals surface area (Å²) in [6.45, 7) is 11.4. The molecule has 1 nitrogen and oxygen atoms in total. The zero-order valence-corrected chi connectivity index (χ0v) is 8.21. The first-order valence-electron chi connectivity index (χ1n) is 4.44. The SMILES string of the molecule is C=CCCC(C)(C)C(O)CC=C. The maximum Gasteiger partial charge on any atom is 0.0625 e. The number of aliphatic hydroxyl groups excluding tert-OH is 1. The Bertz CT molecular complexity index is 147. The van der Waals surface area contributed by atoms with E-state index in [4.69, 9.17) is 0 Å². The first-order chi connectivity index (χ1) is 5.54. The van der Waals surface area contributed by atoms with E-state index in [2.05, 4.69) is 27.0 Å². The highest BCUT2D eigenvalue weighted by Crippen LogP contribution is 2.28. The Kier molecular flexibility index (Phi) is 4.91. The van der Waals surface area contributed by atoms with Crippen molar-refractivity contribution in [3.63, 3.8) is 0 Å². The van der Waals surface area contributed by atoms with E-state index in [-0.39, 0.29) is 11.5 Å². The van der Waals surface area contributed by atoms with Crippen molar-refractivity contribution in [2.45, 2.75) is 39.2 Å². The highest BCUT2D eigenvalue weighted by molar-refractivity contribution is 4.85. The van der Waals surface area contributed by atoms with Gasteiger partial charge in [0.2, 0.25) is 0 Å². The minimum Gasteiger partial charge on any atom is -0.392 e. The molecule has 70 valence electrons. The first-order valence-corrected chi connectivity index (χ1v) is 4.44. The van der Waals surface area contributed by atoms with Gasteiger partial charge in [0.25, 0.3) is 0 Å². The summed E-state index contributed by atoms with van der Waals surface area (Å²) in [5.41, 5.74) is -0.0254. The van der Waals surface area contributed by atoms with Crippen molar-refractivity contribution in [2.75, 3.05) is 0 Å². The van der Waals surface area contributed by atoms with Gasteiger partial charge in [-0.05, 0) is 24.7 Å². The van der Waals surface area contributed by atoms with Crippen LogP contribution in [-0.4, -0.2) is 11.2 Å². The highest BCUT2D eigenvalue weighted by Gasteiger charge is 2.25. The van der Waals surface area contributed by atoms with Crippen LogP contribution in [0.1, 0.15) is 33.1 Å². The Hall–Kier alpha value is -0.560. The molecule has 0 heterocycles. The fourth-order valence-electron chi connectivity index (χ4n) is 1.12. The largest absolute Gasteiger partial charge is 0.392 e. The number of hydrogen-bond donors (Lipinski definition) is 1. The van der Waals surface area contributed by atoms with Crippen molar-refractivity contribution in [2.24, 2.45) is 5.41 Å². The summed E-state index contributed by atoms with van der Waals surface area (Å²) < 4.78 is 0. The second-order valence-corrected chi connectivity index (χ2v) is 3.86. The van der Waals surface area contributed by atoms with Crippen molar-refractivity contribution in [3.05, 3.63) is 25.3 Å².